The Morgan fingerprint density at radius 3 is 2.74 bits per heavy atom. The van der Waals surface area contributed by atoms with Gasteiger partial charge in [-0.1, -0.05) is 17.7 Å². The molecule has 1 aliphatic heterocycles. The van der Waals surface area contributed by atoms with Crippen molar-refractivity contribution >= 4 is 23.4 Å². The molecule has 0 bridgehead atoms. The van der Waals surface area contributed by atoms with Gasteiger partial charge in [-0.25, -0.2) is 0 Å². The number of halogens is 1. The molecule has 1 saturated heterocycles. The highest BCUT2D eigenvalue weighted by Gasteiger charge is 2.35. The van der Waals surface area contributed by atoms with Crippen LogP contribution < -0.4 is 10.1 Å². The van der Waals surface area contributed by atoms with Gasteiger partial charge < -0.3 is 20.1 Å². The number of methoxy groups -OCH3 is 1. The Balaban J connectivity index is 2.01. The van der Waals surface area contributed by atoms with E-state index in [-0.39, 0.29) is 36.8 Å². The van der Waals surface area contributed by atoms with E-state index in [1.54, 1.807) is 23.1 Å². The molecule has 1 fully saturated rings. The maximum atomic E-state index is 12.4. The molecule has 0 unspecified atom stereocenters. The SMILES string of the molecule is COc1ccc(CC(=O)N2C[C@@H](CO)[C@H](NC(C)=O)C2)cc1Cl. The first-order chi connectivity index (χ1) is 10.9. The van der Waals surface area contributed by atoms with Crippen LogP contribution in [0.15, 0.2) is 18.2 Å². The van der Waals surface area contributed by atoms with Crippen LogP contribution in [0.4, 0.5) is 0 Å². The molecular formula is C16H21ClN2O4. The first kappa shape index (κ1) is 17.6. The minimum Gasteiger partial charge on any atom is -0.495 e. The van der Waals surface area contributed by atoms with E-state index in [2.05, 4.69) is 5.32 Å². The fraction of sp³-hybridized carbons (Fsp3) is 0.500. The maximum Gasteiger partial charge on any atom is 0.227 e. The lowest BCUT2D eigenvalue weighted by atomic mass is 10.1. The first-order valence-electron chi connectivity index (χ1n) is 7.42. The zero-order valence-electron chi connectivity index (χ0n) is 13.2. The molecule has 0 saturated carbocycles. The molecule has 6 nitrogen and oxygen atoms in total. The van der Waals surface area contributed by atoms with Crippen molar-refractivity contribution in [1.29, 1.82) is 0 Å². The van der Waals surface area contributed by atoms with Crippen molar-refractivity contribution in [3.05, 3.63) is 28.8 Å². The van der Waals surface area contributed by atoms with Crippen molar-refractivity contribution in [2.24, 2.45) is 5.92 Å². The van der Waals surface area contributed by atoms with Crippen LogP contribution in [0, 0.1) is 5.92 Å². The molecule has 23 heavy (non-hydrogen) atoms. The summed E-state index contributed by atoms with van der Waals surface area (Å²) in [6.45, 7) is 2.21. The number of aliphatic hydroxyl groups is 1. The lowest BCUT2D eigenvalue weighted by Crippen LogP contribution is -2.40. The smallest absolute Gasteiger partial charge is 0.227 e. The number of nitrogens with zero attached hydrogens (tertiary/aromatic N) is 1. The van der Waals surface area contributed by atoms with Gasteiger partial charge >= 0.3 is 0 Å². The fourth-order valence-corrected chi connectivity index (χ4v) is 3.07. The average molecular weight is 341 g/mol. The summed E-state index contributed by atoms with van der Waals surface area (Å²) in [4.78, 5) is 25.3. The summed E-state index contributed by atoms with van der Waals surface area (Å²) in [6.07, 6.45) is 0.217. The second-order valence-corrected chi connectivity index (χ2v) is 6.10. The molecule has 1 heterocycles. The molecule has 126 valence electrons. The van der Waals surface area contributed by atoms with E-state index < -0.39 is 0 Å². The molecular weight excluding hydrogens is 320 g/mol. The third-order valence-corrected chi connectivity index (χ3v) is 4.28. The first-order valence-corrected chi connectivity index (χ1v) is 7.80. The second kappa shape index (κ2) is 7.66. The summed E-state index contributed by atoms with van der Waals surface area (Å²) in [5.74, 6) is 0.208. The molecule has 2 N–H and O–H groups in total. The van der Waals surface area contributed by atoms with E-state index in [9.17, 15) is 14.7 Å². The van der Waals surface area contributed by atoms with Crippen molar-refractivity contribution in [2.45, 2.75) is 19.4 Å². The van der Waals surface area contributed by atoms with Gasteiger partial charge in [0, 0.05) is 32.5 Å². The lowest BCUT2D eigenvalue weighted by molar-refractivity contribution is -0.130. The van der Waals surface area contributed by atoms with Gasteiger partial charge in [0.2, 0.25) is 11.8 Å². The number of hydrogen-bond acceptors (Lipinski definition) is 4. The van der Waals surface area contributed by atoms with E-state index in [0.29, 0.717) is 23.9 Å². The second-order valence-electron chi connectivity index (χ2n) is 5.69. The van der Waals surface area contributed by atoms with E-state index in [0.717, 1.165) is 5.56 Å². The Kier molecular flexibility index (Phi) is 5.85. The van der Waals surface area contributed by atoms with Gasteiger partial charge in [0.15, 0.2) is 0 Å². The number of aliphatic hydroxyl groups excluding tert-OH is 1. The van der Waals surface area contributed by atoms with Crippen LogP contribution in [-0.2, 0) is 16.0 Å². The van der Waals surface area contributed by atoms with Gasteiger partial charge in [-0.3, -0.25) is 9.59 Å². The van der Waals surface area contributed by atoms with Crippen molar-refractivity contribution < 1.29 is 19.4 Å². The van der Waals surface area contributed by atoms with Crippen LogP contribution in [0.25, 0.3) is 0 Å². The van der Waals surface area contributed by atoms with Crippen LogP contribution in [0.3, 0.4) is 0 Å². The summed E-state index contributed by atoms with van der Waals surface area (Å²) >= 11 is 6.07. The Labute approximate surface area is 140 Å². The number of carbonyl (C=O) groups is 2. The van der Waals surface area contributed by atoms with Crippen molar-refractivity contribution in [1.82, 2.24) is 10.2 Å². The molecule has 0 aliphatic carbocycles. The summed E-state index contributed by atoms with van der Waals surface area (Å²) < 4.78 is 5.09. The molecule has 0 radical (unpaired) electrons. The van der Waals surface area contributed by atoms with Gasteiger partial charge in [0.1, 0.15) is 5.75 Å². The highest BCUT2D eigenvalue weighted by Crippen LogP contribution is 2.26. The van der Waals surface area contributed by atoms with Crippen LogP contribution in [0.1, 0.15) is 12.5 Å². The third kappa shape index (κ3) is 4.36. The van der Waals surface area contributed by atoms with Gasteiger partial charge in [-0.15, -0.1) is 0 Å². The molecule has 1 aromatic rings. The van der Waals surface area contributed by atoms with Crippen molar-refractivity contribution in [3.63, 3.8) is 0 Å². The van der Waals surface area contributed by atoms with Gasteiger partial charge in [-0.05, 0) is 17.7 Å². The van der Waals surface area contributed by atoms with Crippen LogP contribution >= 0.6 is 11.6 Å². The molecule has 2 atom stereocenters. The van der Waals surface area contributed by atoms with Crippen LogP contribution in [0.5, 0.6) is 5.75 Å². The average Bonchev–Trinajstić information content (AvgIpc) is 2.89. The van der Waals surface area contributed by atoms with Crippen LogP contribution in [0.2, 0.25) is 5.02 Å². The minimum absolute atomic E-state index is 0.0578. The number of carbonyl (C=O) groups excluding carboxylic acids is 2. The molecule has 0 spiro atoms. The zero-order valence-corrected chi connectivity index (χ0v) is 14.0. The van der Waals surface area contributed by atoms with E-state index in [1.807, 2.05) is 0 Å². The normalized spacial score (nSPS) is 20.4. The van der Waals surface area contributed by atoms with Gasteiger partial charge in [0.05, 0.1) is 24.6 Å². The molecule has 1 aliphatic rings. The number of likely N-dealkylation sites (tertiary alicyclic amines) is 1. The highest BCUT2D eigenvalue weighted by atomic mass is 35.5. The summed E-state index contributed by atoms with van der Waals surface area (Å²) in [5.41, 5.74) is 0.796. The van der Waals surface area contributed by atoms with Crippen LogP contribution in [-0.4, -0.2) is 54.7 Å². The fourth-order valence-electron chi connectivity index (χ4n) is 2.79. The predicted octanol–water partition coefficient (Wildman–Crippen LogP) is 0.847. The Morgan fingerprint density at radius 2 is 2.17 bits per heavy atom. The summed E-state index contributed by atoms with van der Waals surface area (Å²) in [7, 11) is 1.54. The molecule has 7 heteroatoms. The standard InChI is InChI=1S/C16H21ClN2O4/c1-10(21)18-14-8-19(7-12(14)9-20)16(22)6-11-3-4-15(23-2)13(17)5-11/h3-5,12,14,20H,6-9H2,1-2H3,(H,18,21)/t12-,14+/m0/s1. The molecule has 2 amide bonds. The Hall–Kier alpha value is -1.79. The molecule has 1 aromatic carbocycles. The molecule has 0 aromatic heterocycles. The van der Waals surface area contributed by atoms with E-state index in [1.165, 1.54) is 14.0 Å². The summed E-state index contributed by atoms with van der Waals surface area (Å²) in [5, 5.41) is 12.7. The summed E-state index contributed by atoms with van der Waals surface area (Å²) in [6, 6.07) is 5.03. The predicted molar refractivity (Wildman–Crippen MR) is 86.5 cm³/mol. The number of rotatable bonds is 5. The third-order valence-electron chi connectivity index (χ3n) is 3.99. The quantitative estimate of drug-likeness (QED) is 0.832. The van der Waals surface area contributed by atoms with Gasteiger partial charge in [0.25, 0.3) is 0 Å². The molecule has 2 rings (SSSR count). The minimum atomic E-state index is -0.207. The van der Waals surface area contributed by atoms with Crippen molar-refractivity contribution in [2.75, 3.05) is 26.8 Å². The van der Waals surface area contributed by atoms with E-state index >= 15 is 0 Å². The van der Waals surface area contributed by atoms with E-state index in [4.69, 9.17) is 16.3 Å². The number of hydrogen-bond donors (Lipinski definition) is 2. The largest absolute Gasteiger partial charge is 0.495 e. The Bertz CT molecular complexity index is 593. The van der Waals surface area contributed by atoms with Gasteiger partial charge in [-0.2, -0.15) is 0 Å². The lowest BCUT2D eigenvalue weighted by Gasteiger charge is -2.17. The van der Waals surface area contributed by atoms with Crippen molar-refractivity contribution in [3.8, 4) is 5.75 Å². The monoisotopic (exact) mass is 340 g/mol. The zero-order chi connectivity index (χ0) is 17.0. The maximum absolute atomic E-state index is 12.4. The topological polar surface area (TPSA) is 78.9 Å². The Morgan fingerprint density at radius 1 is 1.43 bits per heavy atom. The number of ether oxygens (including phenoxy) is 1. The number of benzene rings is 1. The number of amides is 2. The number of nitrogens with one attached hydrogen (secondary N) is 1. The highest BCUT2D eigenvalue weighted by molar-refractivity contribution is 6.32.